The number of benzene rings is 3. The molecule has 2 amide bonds. The van der Waals surface area contributed by atoms with E-state index in [9.17, 15) is 13.2 Å². The van der Waals surface area contributed by atoms with Crippen LogP contribution in [0.5, 0.6) is 0 Å². The first kappa shape index (κ1) is 23.6. The van der Waals surface area contributed by atoms with E-state index in [0.717, 1.165) is 24.8 Å². The number of fused-ring (bicyclic) bond motifs is 1. The molecule has 0 bridgehead atoms. The van der Waals surface area contributed by atoms with Crippen LogP contribution < -0.4 is 10.6 Å². The molecule has 4 rings (SSSR count). The lowest BCUT2D eigenvalue weighted by Crippen LogP contribution is -2.31. The number of urea groups is 1. The van der Waals surface area contributed by atoms with Crippen LogP contribution in [0.3, 0.4) is 0 Å². The zero-order valence-electron chi connectivity index (χ0n) is 18.1. The number of anilines is 1. The molecule has 0 saturated heterocycles. The highest BCUT2D eigenvalue weighted by Gasteiger charge is 2.19. The molecule has 0 aliphatic heterocycles. The van der Waals surface area contributed by atoms with Gasteiger partial charge in [-0.25, -0.2) is 13.2 Å². The van der Waals surface area contributed by atoms with Crippen LogP contribution in [-0.4, -0.2) is 14.4 Å². The molecular formula is C25H24Cl2N2O3S. The maximum atomic E-state index is 12.9. The van der Waals surface area contributed by atoms with Gasteiger partial charge in [-0.1, -0.05) is 53.5 Å². The second-order valence-electron chi connectivity index (χ2n) is 8.20. The molecule has 172 valence electrons. The summed E-state index contributed by atoms with van der Waals surface area (Å²) < 4.78 is 25.7. The molecule has 0 spiro atoms. The fourth-order valence-corrected chi connectivity index (χ4v) is 5.87. The summed E-state index contributed by atoms with van der Waals surface area (Å²) in [4.78, 5) is 12.6. The van der Waals surface area contributed by atoms with Crippen LogP contribution in [0.4, 0.5) is 10.5 Å². The number of aryl methyl sites for hydroxylation is 2. The van der Waals surface area contributed by atoms with Crippen molar-refractivity contribution in [1.82, 2.24) is 5.32 Å². The van der Waals surface area contributed by atoms with Crippen molar-refractivity contribution in [3.8, 4) is 0 Å². The number of hydrogen-bond acceptors (Lipinski definition) is 3. The summed E-state index contributed by atoms with van der Waals surface area (Å²) in [5.41, 5.74) is 4.55. The molecule has 1 aliphatic rings. The number of amides is 2. The molecule has 0 aromatic heterocycles. The number of hydrogen-bond donors (Lipinski definition) is 2. The molecule has 3 aromatic carbocycles. The summed E-state index contributed by atoms with van der Waals surface area (Å²) in [7, 11) is -3.50. The van der Waals surface area contributed by atoms with E-state index >= 15 is 0 Å². The SMILES string of the molecule is C[C@H](NC(=O)Nc1ccc(S(=O)(=O)Cc2ccc3c(c2)CCC3)cc1)c1cccc(Cl)c1Cl. The van der Waals surface area contributed by atoms with Gasteiger partial charge >= 0.3 is 6.03 Å². The van der Waals surface area contributed by atoms with Crippen LogP contribution in [0.2, 0.25) is 10.0 Å². The monoisotopic (exact) mass is 502 g/mol. The fourth-order valence-electron chi connectivity index (χ4n) is 4.06. The Hall–Kier alpha value is -2.54. The third-order valence-electron chi connectivity index (χ3n) is 5.79. The number of sulfone groups is 1. The highest BCUT2D eigenvalue weighted by molar-refractivity contribution is 7.90. The normalized spacial score (nSPS) is 13.9. The smallest absolute Gasteiger partial charge is 0.319 e. The van der Waals surface area contributed by atoms with E-state index in [-0.39, 0.29) is 16.7 Å². The van der Waals surface area contributed by atoms with Gasteiger partial charge in [-0.05, 0) is 78.8 Å². The quantitative estimate of drug-likeness (QED) is 0.412. The van der Waals surface area contributed by atoms with Gasteiger partial charge in [0.1, 0.15) is 0 Å². The number of rotatable bonds is 6. The van der Waals surface area contributed by atoms with Gasteiger partial charge in [0.2, 0.25) is 0 Å². The predicted molar refractivity (Wildman–Crippen MR) is 133 cm³/mol. The first-order chi connectivity index (χ1) is 15.7. The van der Waals surface area contributed by atoms with E-state index in [1.54, 1.807) is 37.3 Å². The topological polar surface area (TPSA) is 75.3 Å². The van der Waals surface area contributed by atoms with Gasteiger partial charge in [-0.15, -0.1) is 0 Å². The number of halogens is 2. The Balaban J connectivity index is 1.39. The van der Waals surface area contributed by atoms with Crippen LogP contribution in [0.1, 0.15) is 41.6 Å². The lowest BCUT2D eigenvalue weighted by Gasteiger charge is -2.17. The average Bonchev–Trinajstić information content (AvgIpc) is 3.23. The summed E-state index contributed by atoms with van der Waals surface area (Å²) in [5.74, 6) is -0.0501. The van der Waals surface area contributed by atoms with Gasteiger partial charge in [-0.2, -0.15) is 0 Å². The minimum Gasteiger partial charge on any atom is -0.331 e. The number of carbonyl (C=O) groups excluding carboxylic acids is 1. The number of nitrogens with one attached hydrogen (secondary N) is 2. The van der Waals surface area contributed by atoms with Crippen molar-refractivity contribution >= 4 is 44.8 Å². The molecule has 0 fully saturated rings. The first-order valence-corrected chi connectivity index (χ1v) is 13.1. The third kappa shape index (κ3) is 5.52. The molecule has 2 N–H and O–H groups in total. The van der Waals surface area contributed by atoms with Crippen molar-refractivity contribution in [2.75, 3.05) is 5.32 Å². The summed E-state index contributed by atoms with van der Waals surface area (Å²) in [6, 6.07) is 16.5. The van der Waals surface area contributed by atoms with Crippen molar-refractivity contribution in [2.24, 2.45) is 0 Å². The fraction of sp³-hybridized carbons (Fsp3) is 0.240. The summed E-state index contributed by atoms with van der Waals surface area (Å²) >= 11 is 12.3. The molecular weight excluding hydrogens is 479 g/mol. The van der Waals surface area contributed by atoms with Gasteiger partial charge in [0, 0.05) is 5.69 Å². The molecule has 3 aromatic rings. The van der Waals surface area contributed by atoms with Crippen LogP contribution in [-0.2, 0) is 28.4 Å². The summed E-state index contributed by atoms with van der Waals surface area (Å²) in [5, 5.41) is 6.32. The Labute approximate surface area is 204 Å². The molecule has 1 atom stereocenters. The van der Waals surface area contributed by atoms with Gasteiger partial charge in [0.05, 0.1) is 26.7 Å². The minimum atomic E-state index is -3.50. The average molecular weight is 503 g/mol. The number of carbonyl (C=O) groups is 1. The molecule has 5 nitrogen and oxygen atoms in total. The summed E-state index contributed by atoms with van der Waals surface area (Å²) in [6.45, 7) is 1.80. The van der Waals surface area contributed by atoms with E-state index in [2.05, 4.69) is 10.6 Å². The Bertz CT molecular complexity index is 1290. The zero-order valence-corrected chi connectivity index (χ0v) is 20.4. The van der Waals surface area contributed by atoms with Gasteiger partial charge in [-0.3, -0.25) is 0 Å². The van der Waals surface area contributed by atoms with Gasteiger partial charge in [0.25, 0.3) is 0 Å². The van der Waals surface area contributed by atoms with E-state index in [1.165, 1.54) is 23.3 Å². The zero-order chi connectivity index (χ0) is 23.6. The van der Waals surface area contributed by atoms with E-state index in [1.807, 2.05) is 18.2 Å². The highest BCUT2D eigenvalue weighted by Crippen LogP contribution is 2.30. The van der Waals surface area contributed by atoms with Crippen molar-refractivity contribution < 1.29 is 13.2 Å². The molecule has 0 heterocycles. The lowest BCUT2D eigenvalue weighted by atomic mass is 10.1. The predicted octanol–water partition coefficient (Wildman–Crippen LogP) is 6.34. The van der Waals surface area contributed by atoms with Gasteiger partial charge < -0.3 is 10.6 Å². The van der Waals surface area contributed by atoms with Gasteiger partial charge in [0.15, 0.2) is 9.84 Å². The molecule has 1 aliphatic carbocycles. The standard InChI is InChI=1S/C25H24Cl2N2O3S/c1-16(22-6-3-7-23(26)24(22)27)28-25(30)29-20-10-12-21(13-11-20)33(31,32)15-17-8-9-18-4-2-5-19(18)14-17/h3,6-14,16H,2,4-5,15H2,1H3,(H2,28,29,30)/t16-/m0/s1. The van der Waals surface area contributed by atoms with Crippen molar-refractivity contribution in [3.05, 3.63) is 93.0 Å². The third-order valence-corrected chi connectivity index (χ3v) is 8.32. The highest BCUT2D eigenvalue weighted by atomic mass is 35.5. The maximum Gasteiger partial charge on any atom is 0.319 e. The minimum absolute atomic E-state index is 0.0501. The Morgan fingerprint density at radius 2 is 1.73 bits per heavy atom. The Morgan fingerprint density at radius 1 is 1.00 bits per heavy atom. The van der Waals surface area contributed by atoms with Crippen LogP contribution in [0.25, 0.3) is 0 Å². The van der Waals surface area contributed by atoms with Crippen molar-refractivity contribution in [3.63, 3.8) is 0 Å². The van der Waals surface area contributed by atoms with Crippen molar-refractivity contribution in [1.29, 1.82) is 0 Å². The maximum absolute atomic E-state index is 12.9. The first-order valence-electron chi connectivity index (χ1n) is 10.7. The largest absolute Gasteiger partial charge is 0.331 e. The molecule has 0 radical (unpaired) electrons. The van der Waals surface area contributed by atoms with Crippen LogP contribution in [0.15, 0.2) is 65.6 Å². The van der Waals surface area contributed by atoms with E-state index in [0.29, 0.717) is 21.3 Å². The van der Waals surface area contributed by atoms with Crippen molar-refractivity contribution in [2.45, 2.75) is 42.9 Å². The second-order valence-corrected chi connectivity index (χ2v) is 11.0. The molecule has 8 heteroatoms. The lowest BCUT2D eigenvalue weighted by molar-refractivity contribution is 0.249. The van der Waals surface area contributed by atoms with E-state index < -0.39 is 15.9 Å². The second kappa shape index (κ2) is 9.75. The van der Waals surface area contributed by atoms with Crippen LogP contribution >= 0.6 is 23.2 Å². The van der Waals surface area contributed by atoms with E-state index in [4.69, 9.17) is 23.2 Å². The molecule has 0 unspecified atom stereocenters. The van der Waals surface area contributed by atoms with Crippen LogP contribution in [0, 0.1) is 0 Å². The Morgan fingerprint density at radius 3 is 2.48 bits per heavy atom. The molecule has 0 saturated carbocycles. The molecule has 33 heavy (non-hydrogen) atoms. The Kier molecular flexibility index (Phi) is 6.98. The summed E-state index contributed by atoms with van der Waals surface area (Å²) in [6.07, 6.45) is 3.20.